The van der Waals surface area contributed by atoms with Crippen LogP contribution in [0.25, 0.3) is 0 Å². The summed E-state index contributed by atoms with van der Waals surface area (Å²) in [5, 5.41) is 5.34. The largest absolute Gasteiger partial charge is 0.336 e. The maximum absolute atomic E-state index is 12.7. The Hall–Kier alpha value is -1.11. The number of carbonyl (C=O) groups is 1. The van der Waals surface area contributed by atoms with Gasteiger partial charge >= 0.3 is 0 Å². The lowest BCUT2D eigenvalue weighted by molar-refractivity contribution is 0.0696. The van der Waals surface area contributed by atoms with Crippen LogP contribution in [0.1, 0.15) is 37.0 Å². The van der Waals surface area contributed by atoms with Gasteiger partial charge in [-0.15, -0.1) is 0 Å². The molecule has 0 unspecified atom stereocenters. The van der Waals surface area contributed by atoms with Gasteiger partial charge in [0.1, 0.15) is 0 Å². The number of nitrogens with zero attached hydrogens (tertiary/aromatic N) is 1. The fourth-order valence-corrected chi connectivity index (χ4v) is 2.85. The molecule has 1 aliphatic rings. The minimum Gasteiger partial charge on any atom is -0.336 e. The first-order chi connectivity index (χ1) is 9.70. The second-order valence-electron chi connectivity index (χ2n) is 5.68. The molecule has 7 heteroatoms. The van der Waals surface area contributed by atoms with Gasteiger partial charge in [-0.25, -0.2) is 13.6 Å². The molecule has 0 bridgehead atoms. The maximum Gasteiger partial charge on any atom is 0.255 e. The Balaban J connectivity index is 2.36. The molecule has 5 nitrogen and oxygen atoms in total. The lowest BCUT2D eigenvalue weighted by Gasteiger charge is -2.27. The third-order valence-corrected chi connectivity index (χ3v) is 4.77. The second kappa shape index (κ2) is 5.94. The number of carbonyl (C=O) groups excluding carboxylic acids is 1. The van der Waals surface area contributed by atoms with Crippen molar-refractivity contribution in [3.05, 3.63) is 28.8 Å². The summed E-state index contributed by atoms with van der Waals surface area (Å²) < 4.78 is 22.8. The van der Waals surface area contributed by atoms with Crippen molar-refractivity contribution in [2.75, 3.05) is 6.54 Å². The fraction of sp³-hybridized carbons (Fsp3) is 0.500. The van der Waals surface area contributed by atoms with E-state index in [1.165, 1.54) is 18.2 Å². The molecule has 1 fully saturated rings. The zero-order chi connectivity index (χ0) is 15.8. The van der Waals surface area contributed by atoms with E-state index in [1.807, 2.05) is 13.8 Å². The van der Waals surface area contributed by atoms with E-state index in [0.29, 0.717) is 12.5 Å². The summed E-state index contributed by atoms with van der Waals surface area (Å²) in [5.74, 6) is 0.281. The number of rotatable bonds is 5. The Kier molecular flexibility index (Phi) is 4.60. The first-order valence-corrected chi connectivity index (χ1v) is 8.76. The molecule has 0 heterocycles. The maximum atomic E-state index is 12.7. The Morgan fingerprint density at radius 1 is 1.43 bits per heavy atom. The molecule has 0 atom stereocenters. The molecule has 1 aromatic rings. The van der Waals surface area contributed by atoms with Crippen molar-refractivity contribution in [3.63, 3.8) is 0 Å². The highest BCUT2D eigenvalue weighted by atomic mass is 35.5. The molecule has 2 N–H and O–H groups in total. The van der Waals surface area contributed by atoms with Crippen molar-refractivity contribution in [2.24, 2.45) is 11.1 Å². The quantitative estimate of drug-likeness (QED) is 0.899. The lowest BCUT2D eigenvalue weighted by Crippen LogP contribution is -2.38. The van der Waals surface area contributed by atoms with Gasteiger partial charge in [0.2, 0.25) is 10.0 Å². The molecule has 2 rings (SSSR count). The molecule has 1 saturated carbocycles. The Morgan fingerprint density at radius 2 is 2.05 bits per heavy atom. The number of hydrogen-bond acceptors (Lipinski definition) is 3. The highest BCUT2D eigenvalue weighted by Crippen LogP contribution is 2.31. The van der Waals surface area contributed by atoms with Crippen LogP contribution in [0, 0.1) is 5.92 Å². The summed E-state index contributed by atoms with van der Waals surface area (Å²) in [6, 6.07) is 3.97. The number of nitrogens with two attached hydrogens (primary N) is 1. The summed E-state index contributed by atoms with van der Waals surface area (Å²) >= 11 is 6.06. The van der Waals surface area contributed by atoms with Gasteiger partial charge in [0.15, 0.2) is 0 Å². The van der Waals surface area contributed by atoms with Crippen molar-refractivity contribution in [3.8, 4) is 0 Å². The van der Waals surface area contributed by atoms with Gasteiger partial charge < -0.3 is 4.90 Å². The van der Waals surface area contributed by atoms with Crippen LogP contribution in [0.2, 0.25) is 5.02 Å². The summed E-state index contributed by atoms with van der Waals surface area (Å²) in [4.78, 5) is 14.3. The summed E-state index contributed by atoms with van der Waals surface area (Å²) in [5.41, 5.74) is 0.178. The predicted octanol–water partition coefficient (Wildman–Crippen LogP) is 2.25. The van der Waals surface area contributed by atoms with Crippen LogP contribution in [-0.2, 0) is 10.0 Å². The van der Waals surface area contributed by atoms with E-state index in [-0.39, 0.29) is 27.4 Å². The van der Waals surface area contributed by atoms with Gasteiger partial charge in [-0.3, -0.25) is 4.79 Å². The van der Waals surface area contributed by atoms with E-state index in [9.17, 15) is 13.2 Å². The molecule has 0 saturated heterocycles. The van der Waals surface area contributed by atoms with E-state index < -0.39 is 10.0 Å². The number of hydrogen-bond donors (Lipinski definition) is 1. The Labute approximate surface area is 130 Å². The molecule has 0 aliphatic heterocycles. The second-order valence-corrected chi connectivity index (χ2v) is 7.65. The van der Waals surface area contributed by atoms with E-state index in [2.05, 4.69) is 0 Å². The van der Waals surface area contributed by atoms with Gasteiger partial charge in [0.25, 0.3) is 5.91 Å². The van der Waals surface area contributed by atoms with Crippen LogP contribution >= 0.6 is 11.6 Å². The number of amides is 1. The summed E-state index contributed by atoms with van der Waals surface area (Å²) in [6.07, 6.45) is 2.25. The molecular weight excluding hydrogens is 312 g/mol. The molecule has 0 radical (unpaired) electrons. The summed E-state index contributed by atoms with van der Waals surface area (Å²) in [6.45, 7) is 4.53. The van der Waals surface area contributed by atoms with Crippen molar-refractivity contribution in [1.29, 1.82) is 0 Å². The lowest BCUT2D eigenvalue weighted by atomic mass is 10.1. The van der Waals surface area contributed by atoms with Gasteiger partial charge in [0, 0.05) is 12.6 Å². The zero-order valence-electron chi connectivity index (χ0n) is 12.0. The third-order valence-electron chi connectivity index (χ3n) is 3.53. The SMILES string of the molecule is CC(C)N(CC1CC1)C(=O)c1cc(S(N)(=O)=O)ccc1Cl. The predicted molar refractivity (Wildman–Crippen MR) is 81.7 cm³/mol. The van der Waals surface area contributed by atoms with Crippen molar-refractivity contribution in [2.45, 2.75) is 37.6 Å². The zero-order valence-corrected chi connectivity index (χ0v) is 13.6. The molecule has 0 aromatic heterocycles. The van der Waals surface area contributed by atoms with Gasteiger partial charge in [-0.2, -0.15) is 0 Å². The van der Waals surface area contributed by atoms with E-state index in [4.69, 9.17) is 16.7 Å². The average molecular weight is 331 g/mol. The fourth-order valence-electron chi connectivity index (χ4n) is 2.11. The highest BCUT2D eigenvalue weighted by Gasteiger charge is 2.29. The van der Waals surface area contributed by atoms with Gasteiger partial charge in [-0.05, 0) is 50.8 Å². The number of halogens is 1. The smallest absolute Gasteiger partial charge is 0.255 e. The van der Waals surface area contributed by atoms with Gasteiger partial charge in [-0.1, -0.05) is 11.6 Å². The molecular formula is C14H19ClN2O3S. The van der Waals surface area contributed by atoms with Crippen LogP contribution in [0.15, 0.2) is 23.1 Å². The van der Waals surface area contributed by atoms with Crippen LogP contribution < -0.4 is 5.14 Å². The Bertz CT molecular complexity index is 654. The third kappa shape index (κ3) is 3.96. The molecule has 1 amide bonds. The van der Waals surface area contributed by atoms with Crippen molar-refractivity contribution < 1.29 is 13.2 Å². The van der Waals surface area contributed by atoms with Gasteiger partial charge in [0.05, 0.1) is 15.5 Å². The first-order valence-electron chi connectivity index (χ1n) is 6.83. The highest BCUT2D eigenvalue weighted by molar-refractivity contribution is 7.89. The standard InChI is InChI=1S/C14H19ClN2O3S/c1-9(2)17(8-10-3-4-10)14(18)12-7-11(21(16,19)20)5-6-13(12)15/h5-7,9-10H,3-4,8H2,1-2H3,(H2,16,19,20). The number of primary sulfonamides is 1. The van der Waals surface area contributed by atoms with Crippen molar-refractivity contribution in [1.82, 2.24) is 4.90 Å². The number of sulfonamides is 1. The topological polar surface area (TPSA) is 80.5 Å². The van der Waals surface area contributed by atoms with Crippen LogP contribution in [0.5, 0.6) is 0 Å². The number of benzene rings is 1. The molecule has 0 spiro atoms. The Morgan fingerprint density at radius 3 is 2.52 bits per heavy atom. The monoisotopic (exact) mass is 330 g/mol. The van der Waals surface area contributed by atoms with Crippen molar-refractivity contribution >= 4 is 27.5 Å². The van der Waals surface area contributed by atoms with Crippen LogP contribution in [-0.4, -0.2) is 31.8 Å². The first kappa shape index (κ1) is 16.3. The van der Waals surface area contributed by atoms with E-state index in [1.54, 1.807) is 4.90 Å². The van der Waals surface area contributed by atoms with E-state index in [0.717, 1.165) is 12.8 Å². The molecule has 1 aromatic carbocycles. The minimum atomic E-state index is -3.86. The molecule has 116 valence electrons. The normalized spacial score (nSPS) is 15.3. The average Bonchev–Trinajstić information content (AvgIpc) is 3.18. The van der Waals surface area contributed by atoms with Crippen LogP contribution in [0.4, 0.5) is 0 Å². The summed E-state index contributed by atoms with van der Waals surface area (Å²) in [7, 11) is -3.86. The van der Waals surface area contributed by atoms with Crippen LogP contribution in [0.3, 0.4) is 0 Å². The van der Waals surface area contributed by atoms with E-state index >= 15 is 0 Å². The minimum absolute atomic E-state index is 0.0207. The molecule has 21 heavy (non-hydrogen) atoms. The molecule has 1 aliphatic carbocycles.